The first-order chi connectivity index (χ1) is 10.2. The highest BCUT2D eigenvalue weighted by Gasteiger charge is 2.32. The van der Waals surface area contributed by atoms with Crippen molar-refractivity contribution in [1.82, 2.24) is 9.97 Å². The van der Waals surface area contributed by atoms with Gasteiger partial charge in [0.15, 0.2) is 0 Å². The molecule has 6 heteroatoms. The second kappa shape index (κ2) is 6.18. The average Bonchev–Trinajstić information content (AvgIpc) is 3.19. The van der Waals surface area contributed by atoms with Crippen LogP contribution in [-0.4, -0.2) is 28.6 Å². The van der Waals surface area contributed by atoms with E-state index in [1.54, 1.807) is 6.07 Å². The molecule has 0 amide bonds. The van der Waals surface area contributed by atoms with Gasteiger partial charge in [-0.2, -0.15) is 0 Å². The van der Waals surface area contributed by atoms with Crippen LogP contribution in [0.3, 0.4) is 0 Å². The summed E-state index contributed by atoms with van der Waals surface area (Å²) in [5.74, 6) is 2.00. The third kappa shape index (κ3) is 3.64. The van der Waals surface area contributed by atoms with Crippen LogP contribution in [0.1, 0.15) is 50.8 Å². The zero-order chi connectivity index (χ0) is 14.8. The van der Waals surface area contributed by atoms with Gasteiger partial charge in [-0.3, -0.25) is 4.79 Å². The van der Waals surface area contributed by atoms with Crippen molar-refractivity contribution in [2.45, 2.75) is 51.0 Å². The van der Waals surface area contributed by atoms with Crippen LogP contribution < -0.4 is 5.32 Å². The van der Waals surface area contributed by atoms with Crippen molar-refractivity contribution in [2.24, 2.45) is 5.92 Å². The molecule has 1 aromatic rings. The van der Waals surface area contributed by atoms with Crippen LogP contribution in [0.4, 0.5) is 5.82 Å². The zero-order valence-electron chi connectivity index (χ0n) is 12.1. The number of nitrogens with zero attached hydrogens (tertiary/aromatic N) is 2. The van der Waals surface area contributed by atoms with Crippen LogP contribution in [0.2, 0.25) is 5.15 Å². The van der Waals surface area contributed by atoms with Crippen molar-refractivity contribution >= 4 is 23.4 Å². The lowest BCUT2D eigenvalue weighted by Crippen LogP contribution is -2.20. The molecule has 3 rings (SSSR count). The maximum atomic E-state index is 11.8. The smallest absolute Gasteiger partial charge is 0.308 e. The molecular weight excluding hydrogens is 290 g/mol. The number of nitrogens with one attached hydrogen (secondary N) is 1. The first-order valence-corrected chi connectivity index (χ1v) is 8.01. The second-order valence-corrected chi connectivity index (χ2v) is 6.20. The summed E-state index contributed by atoms with van der Waals surface area (Å²) < 4.78 is 5.09. The quantitative estimate of drug-likeness (QED) is 0.668. The van der Waals surface area contributed by atoms with Crippen molar-refractivity contribution in [2.75, 3.05) is 11.9 Å². The number of ether oxygens (including phenoxy) is 1. The lowest BCUT2D eigenvalue weighted by atomic mass is 10.1. The average molecular weight is 310 g/mol. The molecule has 0 spiro atoms. The number of esters is 1. The summed E-state index contributed by atoms with van der Waals surface area (Å²) in [5.41, 5.74) is 0. The van der Waals surface area contributed by atoms with Crippen molar-refractivity contribution in [3.8, 4) is 0 Å². The van der Waals surface area contributed by atoms with E-state index in [1.807, 2.05) is 6.92 Å². The van der Waals surface area contributed by atoms with Gasteiger partial charge in [0, 0.05) is 18.0 Å². The van der Waals surface area contributed by atoms with Crippen molar-refractivity contribution in [3.63, 3.8) is 0 Å². The van der Waals surface area contributed by atoms with Gasteiger partial charge in [-0.25, -0.2) is 9.97 Å². The summed E-state index contributed by atoms with van der Waals surface area (Å²) in [6.45, 7) is 2.28. The Bertz CT molecular complexity index is 534. The number of hydrogen-bond donors (Lipinski definition) is 1. The topological polar surface area (TPSA) is 64.1 Å². The molecule has 1 N–H and O–H groups in total. The van der Waals surface area contributed by atoms with Gasteiger partial charge in [-0.05, 0) is 39.0 Å². The molecular formula is C15H20ClN3O2. The number of carbonyl (C=O) groups excluding carboxylic acids is 1. The Morgan fingerprint density at radius 3 is 2.90 bits per heavy atom. The van der Waals surface area contributed by atoms with E-state index in [1.165, 1.54) is 0 Å². The molecule has 2 saturated carbocycles. The molecule has 2 unspecified atom stereocenters. The summed E-state index contributed by atoms with van der Waals surface area (Å²) in [6.07, 6.45) is 4.90. The fourth-order valence-corrected chi connectivity index (χ4v) is 3.02. The third-order valence-corrected chi connectivity index (χ3v) is 4.25. The molecule has 2 fully saturated rings. The maximum absolute atomic E-state index is 11.8. The van der Waals surface area contributed by atoms with E-state index in [0.717, 1.165) is 43.7 Å². The molecule has 2 aliphatic carbocycles. The van der Waals surface area contributed by atoms with E-state index in [2.05, 4.69) is 15.3 Å². The summed E-state index contributed by atoms with van der Waals surface area (Å²) in [7, 11) is 0. The molecule has 1 heterocycles. The number of anilines is 1. The fourth-order valence-electron chi connectivity index (χ4n) is 2.83. The number of hydrogen-bond acceptors (Lipinski definition) is 5. The van der Waals surface area contributed by atoms with Gasteiger partial charge in [-0.1, -0.05) is 11.6 Å². The molecule has 0 radical (unpaired) electrons. The highest BCUT2D eigenvalue weighted by molar-refractivity contribution is 6.29. The molecule has 0 saturated heterocycles. The number of rotatable bonds is 5. The first kappa shape index (κ1) is 14.6. The molecule has 5 nitrogen and oxygen atoms in total. The number of halogens is 1. The second-order valence-electron chi connectivity index (χ2n) is 5.81. The van der Waals surface area contributed by atoms with Gasteiger partial charge in [0.2, 0.25) is 0 Å². The van der Waals surface area contributed by atoms with Crippen LogP contribution in [0.25, 0.3) is 0 Å². The molecule has 114 valence electrons. The summed E-state index contributed by atoms with van der Waals surface area (Å²) in [5, 5.41) is 3.87. The Kier molecular flexibility index (Phi) is 4.29. The normalized spacial score (nSPS) is 24.9. The molecule has 21 heavy (non-hydrogen) atoms. The van der Waals surface area contributed by atoms with Crippen molar-refractivity contribution < 1.29 is 9.53 Å². The van der Waals surface area contributed by atoms with E-state index >= 15 is 0 Å². The largest absolute Gasteiger partial charge is 0.466 e. The Hall–Kier alpha value is -1.36. The van der Waals surface area contributed by atoms with E-state index in [9.17, 15) is 4.79 Å². The van der Waals surface area contributed by atoms with E-state index < -0.39 is 0 Å². The van der Waals surface area contributed by atoms with E-state index in [0.29, 0.717) is 17.7 Å². The van der Waals surface area contributed by atoms with Crippen molar-refractivity contribution in [3.05, 3.63) is 17.0 Å². The van der Waals surface area contributed by atoms with Crippen molar-refractivity contribution in [1.29, 1.82) is 0 Å². The lowest BCUT2D eigenvalue weighted by Gasteiger charge is -2.14. The van der Waals surface area contributed by atoms with Gasteiger partial charge in [-0.15, -0.1) is 0 Å². The zero-order valence-corrected chi connectivity index (χ0v) is 12.9. The predicted octanol–water partition coefficient (Wildman–Crippen LogP) is 3.15. The SMILES string of the molecule is CCOC(=O)C1CCC(Nc2cc(Cl)nc(C3CC3)n2)C1. The molecule has 0 aliphatic heterocycles. The van der Waals surface area contributed by atoms with Crippen LogP contribution >= 0.6 is 11.6 Å². The minimum atomic E-state index is -0.0822. The van der Waals surface area contributed by atoms with Gasteiger partial charge >= 0.3 is 5.97 Å². The van der Waals surface area contributed by atoms with Crippen LogP contribution in [0.5, 0.6) is 0 Å². The minimum absolute atomic E-state index is 0.00246. The Morgan fingerprint density at radius 2 is 2.19 bits per heavy atom. The lowest BCUT2D eigenvalue weighted by molar-refractivity contribution is -0.147. The standard InChI is InChI=1S/C15H20ClN3O2/c1-2-21-15(20)10-5-6-11(7-10)17-13-8-12(16)18-14(19-13)9-3-4-9/h8-11H,2-7H2,1H3,(H,17,18,19). The Labute approximate surface area is 129 Å². The fraction of sp³-hybridized carbons (Fsp3) is 0.667. The first-order valence-electron chi connectivity index (χ1n) is 7.63. The predicted molar refractivity (Wildman–Crippen MR) is 80.4 cm³/mol. The van der Waals surface area contributed by atoms with Crippen LogP contribution in [0.15, 0.2) is 6.07 Å². The Morgan fingerprint density at radius 1 is 1.38 bits per heavy atom. The molecule has 0 bridgehead atoms. The highest BCUT2D eigenvalue weighted by atomic mass is 35.5. The number of carbonyl (C=O) groups is 1. The van der Waals surface area contributed by atoms with Crippen LogP contribution in [0, 0.1) is 5.92 Å². The third-order valence-electron chi connectivity index (χ3n) is 4.06. The summed E-state index contributed by atoms with van der Waals surface area (Å²) in [4.78, 5) is 20.6. The van der Waals surface area contributed by atoms with Crippen LogP contribution in [-0.2, 0) is 9.53 Å². The monoisotopic (exact) mass is 309 g/mol. The van der Waals surface area contributed by atoms with E-state index in [4.69, 9.17) is 16.3 Å². The van der Waals surface area contributed by atoms with Gasteiger partial charge in [0.25, 0.3) is 0 Å². The van der Waals surface area contributed by atoms with E-state index in [-0.39, 0.29) is 17.9 Å². The van der Waals surface area contributed by atoms with Gasteiger partial charge in [0.1, 0.15) is 16.8 Å². The molecule has 0 aromatic carbocycles. The Balaban J connectivity index is 1.61. The van der Waals surface area contributed by atoms with Gasteiger partial charge < -0.3 is 10.1 Å². The minimum Gasteiger partial charge on any atom is -0.466 e. The summed E-state index contributed by atoms with van der Waals surface area (Å²) in [6, 6.07) is 2.00. The van der Waals surface area contributed by atoms with Gasteiger partial charge in [0.05, 0.1) is 12.5 Å². The molecule has 2 atom stereocenters. The number of aromatic nitrogens is 2. The highest BCUT2D eigenvalue weighted by Crippen LogP contribution is 2.39. The summed E-state index contributed by atoms with van der Waals surface area (Å²) >= 11 is 6.06. The molecule has 1 aromatic heterocycles. The maximum Gasteiger partial charge on any atom is 0.308 e. The molecule has 2 aliphatic rings.